The zero-order valence-corrected chi connectivity index (χ0v) is 17.4. The van der Waals surface area contributed by atoms with Gasteiger partial charge in [0.1, 0.15) is 18.7 Å². The first-order valence-corrected chi connectivity index (χ1v) is 9.58. The van der Waals surface area contributed by atoms with E-state index in [-0.39, 0.29) is 18.4 Å². The molecule has 7 heteroatoms. The molecule has 0 saturated carbocycles. The van der Waals surface area contributed by atoms with Crippen molar-refractivity contribution in [2.24, 2.45) is 11.8 Å². The fourth-order valence-corrected chi connectivity index (χ4v) is 2.71. The molecule has 7 nitrogen and oxygen atoms in total. The Morgan fingerprint density at radius 2 is 1.46 bits per heavy atom. The van der Waals surface area contributed by atoms with Crippen molar-refractivity contribution >= 4 is 18.0 Å². The average molecular weight is 392 g/mol. The Balaban J connectivity index is 2.72. The summed E-state index contributed by atoms with van der Waals surface area (Å²) in [5.74, 6) is -0.581. The summed E-state index contributed by atoms with van der Waals surface area (Å²) >= 11 is 0. The first-order valence-electron chi connectivity index (χ1n) is 9.58. The first kappa shape index (κ1) is 23.5. The number of alkyl carbamates (subject to hydrolysis) is 1. The second-order valence-electron chi connectivity index (χ2n) is 7.60. The zero-order chi connectivity index (χ0) is 21.1. The topological polar surface area (TPSA) is 93.7 Å². The fourth-order valence-electron chi connectivity index (χ4n) is 2.71. The maximum Gasteiger partial charge on any atom is 0.408 e. The SMILES string of the molecule is COC(=O)[C@@H](CC(C)C)NC(=O)[C@H](CC(C)C)NC(=O)OCc1ccccc1. The van der Waals surface area contributed by atoms with Gasteiger partial charge in [-0.1, -0.05) is 58.0 Å². The molecular formula is C21H32N2O5. The zero-order valence-electron chi connectivity index (χ0n) is 17.4. The van der Waals surface area contributed by atoms with E-state index in [1.54, 1.807) is 0 Å². The van der Waals surface area contributed by atoms with Crippen LogP contribution in [0.4, 0.5) is 4.79 Å². The standard InChI is InChI=1S/C21H32N2O5/c1-14(2)11-17(19(24)22-18(12-15(3)4)20(25)27-5)23-21(26)28-13-16-9-7-6-8-10-16/h6-10,14-15,17-18H,11-13H2,1-5H3,(H,22,24)(H,23,26)/t17-,18+/m0/s1. The Morgan fingerprint density at radius 3 is 2.00 bits per heavy atom. The number of hydrogen-bond acceptors (Lipinski definition) is 5. The van der Waals surface area contributed by atoms with E-state index < -0.39 is 30.1 Å². The molecule has 0 radical (unpaired) electrons. The molecule has 0 unspecified atom stereocenters. The van der Waals surface area contributed by atoms with Crippen LogP contribution in [0.25, 0.3) is 0 Å². The predicted molar refractivity (Wildman–Crippen MR) is 106 cm³/mol. The summed E-state index contributed by atoms with van der Waals surface area (Å²) in [7, 11) is 1.28. The fraction of sp³-hybridized carbons (Fsp3) is 0.571. The monoisotopic (exact) mass is 392 g/mol. The lowest BCUT2D eigenvalue weighted by atomic mass is 10.0. The van der Waals surface area contributed by atoms with E-state index in [2.05, 4.69) is 10.6 Å². The van der Waals surface area contributed by atoms with E-state index in [1.165, 1.54) is 7.11 Å². The van der Waals surface area contributed by atoms with Crippen molar-refractivity contribution in [3.63, 3.8) is 0 Å². The van der Waals surface area contributed by atoms with Crippen molar-refractivity contribution in [2.45, 2.75) is 59.2 Å². The number of ether oxygens (including phenoxy) is 2. The molecule has 0 bridgehead atoms. The van der Waals surface area contributed by atoms with Gasteiger partial charge in [0.2, 0.25) is 5.91 Å². The normalized spacial score (nSPS) is 13.0. The molecule has 2 amide bonds. The number of esters is 1. The molecule has 2 atom stereocenters. The van der Waals surface area contributed by atoms with Crippen molar-refractivity contribution in [1.29, 1.82) is 0 Å². The number of carbonyl (C=O) groups is 3. The molecule has 156 valence electrons. The van der Waals surface area contributed by atoms with Gasteiger partial charge < -0.3 is 20.1 Å². The van der Waals surface area contributed by atoms with Crippen LogP contribution < -0.4 is 10.6 Å². The number of carbonyl (C=O) groups excluding carboxylic acids is 3. The van der Waals surface area contributed by atoms with Gasteiger partial charge in [0.25, 0.3) is 0 Å². The molecule has 0 aliphatic heterocycles. The number of hydrogen-bond donors (Lipinski definition) is 2. The van der Waals surface area contributed by atoms with Crippen molar-refractivity contribution in [3.8, 4) is 0 Å². The number of nitrogens with one attached hydrogen (secondary N) is 2. The van der Waals surface area contributed by atoms with Gasteiger partial charge in [-0.25, -0.2) is 9.59 Å². The number of methoxy groups -OCH3 is 1. The third-order valence-corrected chi connectivity index (χ3v) is 4.04. The van der Waals surface area contributed by atoms with Gasteiger partial charge in [-0.05, 0) is 30.2 Å². The smallest absolute Gasteiger partial charge is 0.408 e. The summed E-state index contributed by atoms with van der Waals surface area (Å²) < 4.78 is 9.98. The van der Waals surface area contributed by atoms with Gasteiger partial charge in [-0.3, -0.25) is 4.79 Å². The lowest BCUT2D eigenvalue weighted by Gasteiger charge is -2.24. The summed E-state index contributed by atoms with van der Waals surface area (Å²) in [5, 5.41) is 5.31. The maximum atomic E-state index is 12.7. The highest BCUT2D eigenvalue weighted by molar-refractivity contribution is 5.89. The van der Waals surface area contributed by atoms with E-state index in [0.717, 1.165) is 5.56 Å². The first-order chi connectivity index (χ1) is 13.2. The quantitative estimate of drug-likeness (QED) is 0.597. The minimum absolute atomic E-state index is 0.112. The van der Waals surface area contributed by atoms with Crippen LogP contribution >= 0.6 is 0 Å². The Bertz CT molecular complexity index is 631. The van der Waals surface area contributed by atoms with Crippen molar-refractivity contribution in [2.75, 3.05) is 7.11 Å². The van der Waals surface area contributed by atoms with E-state index in [9.17, 15) is 14.4 Å². The molecule has 1 rings (SSSR count). The summed E-state index contributed by atoms with van der Waals surface area (Å²) in [5.41, 5.74) is 0.852. The van der Waals surface area contributed by atoms with Crippen molar-refractivity contribution in [1.82, 2.24) is 10.6 Å². The Morgan fingerprint density at radius 1 is 0.893 bits per heavy atom. The van der Waals surface area contributed by atoms with Crippen LogP contribution in [0.5, 0.6) is 0 Å². The molecule has 0 fully saturated rings. The predicted octanol–water partition coefficient (Wildman–Crippen LogP) is 3.03. The lowest BCUT2D eigenvalue weighted by Crippen LogP contribution is -2.52. The van der Waals surface area contributed by atoms with Gasteiger partial charge in [-0.15, -0.1) is 0 Å². The molecule has 0 saturated heterocycles. The van der Waals surface area contributed by atoms with E-state index in [4.69, 9.17) is 9.47 Å². The maximum absolute atomic E-state index is 12.7. The molecule has 0 aromatic heterocycles. The highest BCUT2D eigenvalue weighted by atomic mass is 16.5. The lowest BCUT2D eigenvalue weighted by molar-refractivity contribution is -0.145. The molecule has 0 spiro atoms. The molecular weight excluding hydrogens is 360 g/mol. The van der Waals surface area contributed by atoms with Crippen LogP contribution in [0.1, 0.15) is 46.1 Å². The van der Waals surface area contributed by atoms with Crippen molar-refractivity contribution in [3.05, 3.63) is 35.9 Å². The van der Waals surface area contributed by atoms with Gasteiger partial charge in [0.05, 0.1) is 7.11 Å². The van der Waals surface area contributed by atoms with Crippen LogP contribution in [0.3, 0.4) is 0 Å². The third-order valence-electron chi connectivity index (χ3n) is 4.04. The number of benzene rings is 1. The number of rotatable bonds is 10. The van der Waals surface area contributed by atoms with Gasteiger partial charge in [0, 0.05) is 0 Å². The van der Waals surface area contributed by atoms with E-state index >= 15 is 0 Å². The molecule has 28 heavy (non-hydrogen) atoms. The van der Waals surface area contributed by atoms with Crippen LogP contribution in [0, 0.1) is 11.8 Å². The highest BCUT2D eigenvalue weighted by Crippen LogP contribution is 2.10. The molecule has 2 N–H and O–H groups in total. The summed E-state index contributed by atoms with van der Waals surface area (Å²) in [6, 6.07) is 7.72. The summed E-state index contributed by atoms with van der Waals surface area (Å²) in [4.78, 5) is 36.8. The third kappa shape index (κ3) is 8.88. The Hall–Kier alpha value is -2.57. The van der Waals surface area contributed by atoms with Gasteiger partial charge >= 0.3 is 12.1 Å². The van der Waals surface area contributed by atoms with E-state index in [1.807, 2.05) is 58.0 Å². The van der Waals surface area contributed by atoms with E-state index in [0.29, 0.717) is 12.8 Å². The molecule has 0 aliphatic carbocycles. The minimum atomic E-state index is -0.803. The van der Waals surface area contributed by atoms with Crippen LogP contribution in [-0.2, 0) is 25.7 Å². The van der Waals surface area contributed by atoms with Crippen molar-refractivity contribution < 1.29 is 23.9 Å². The Labute approximate surface area is 167 Å². The van der Waals surface area contributed by atoms with Gasteiger partial charge in [-0.2, -0.15) is 0 Å². The van der Waals surface area contributed by atoms with Crippen LogP contribution in [0.2, 0.25) is 0 Å². The van der Waals surface area contributed by atoms with Gasteiger partial charge in [0.15, 0.2) is 0 Å². The highest BCUT2D eigenvalue weighted by Gasteiger charge is 2.28. The summed E-state index contributed by atoms with van der Waals surface area (Å²) in [6.07, 6.45) is 0.191. The van der Waals surface area contributed by atoms with Crippen LogP contribution in [0.15, 0.2) is 30.3 Å². The van der Waals surface area contributed by atoms with Crippen LogP contribution in [-0.4, -0.2) is 37.2 Å². The second kappa shape index (κ2) is 12.0. The largest absolute Gasteiger partial charge is 0.467 e. The number of amides is 2. The molecule has 0 heterocycles. The second-order valence-corrected chi connectivity index (χ2v) is 7.60. The molecule has 1 aromatic rings. The summed E-state index contributed by atoms with van der Waals surface area (Å²) in [6.45, 7) is 7.91. The Kier molecular flexibility index (Phi) is 10.1. The minimum Gasteiger partial charge on any atom is -0.467 e. The molecule has 1 aromatic carbocycles. The average Bonchev–Trinajstić information content (AvgIpc) is 2.64. The molecule has 0 aliphatic rings.